The molecule has 0 radical (unpaired) electrons. The molecular formula is C16H30N2O. The lowest BCUT2D eigenvalue weighted by molar-refractivity contribution is -0.132. The van der Waals surface area contributed by atoms with Crippen LogP contribution in [0.25, 0.3) is 0 Å². The second-order valence-electron chi connectivity index (χ2n) is 6.71. The van der Waals surface area contributed by atoms with Crippen LogP contribution in [0.4, 0.5) is 0 Å². The number of carbonyl (C=O) groups excluding carboxylic acids is 1. The third-order valence-corrected chi connectivity index (χ3v) is 5.00. The Morgan fingerprint density at radius 2 is 1.95 bits per heavy atom. The molecule has 1 unspecified atom stereocenters. The number of amides is 1. The quantitative estimate of drug-likeness (QED) is 0.850. The molecule has 0 bridgehead atoms. The largest absolute Gasteiger partial charge is 0.343 e. The predicted molar refractivity (Wildman–Crippen MR) is 78.8 cm³/mol. The van der Waals surface area contributed by atoms with Gasteiger partial charge in [0.1, 0.15) is 0 Å². The van der Waals surface area contributed by atoms with Gasteiger partial charge >= 0.3 is 0 Å². The molecule has 1 atom stereocenters. The summed E-state index contributed by atoms with van der Waals surface area (Å²) in [7, 11) is 0. The monoisotopic (exact) mass is 266 g/mol. The Morgan fingerprint density at radius 3 is 2.63 bits per heavy atom. The minimum absolute atomic E-state index is 0.188. The lowest BCUT2D eigenvalue weighted by Crippen LogP contribution is -2.44. The van der Waals surface area contributed by atoms with Crippen LogP contribution in [-0.4, -0.2) is 29.4 Å². The van der Waals surface area contributed by atoms with E-state index in [4.69, 9.17) is 5.73 Å². The van der Waals surface area contributed by atoms with Crippen molar-refractivity contribution < 1.29 is 4.79 Å². The van der Waals surface area contributed by atoms with E-state index in [1.165, 1.54) is 44.9 Å². The number of nitrogens with zero attached hydrogens (tertiary/aromatic N) is 1. The first kappa shape index (κ1) is 14.8. The summed E-state index contributed by atoms with van der Waals surface area (Å²) in [6.07, 6.45) is 11.3. The molecule has 1 saturated heterocycles. The number of nitrogens with two attached hydrogens (primary N) is 1. The first-order chi connectivity index (χ1) is 9.13. The van der Waals surface area contributed by atoms with E-state index in [1.54, 1.807) is 0 Å². The van der Waals surface area contributed by atoms with Crippen LogP contribution < -0.4 is 5.73 Å². The van der Waals surface area contributed by atoms with E-state index in [0.29, 0.717) is 12.3 Å². The molecule has 1 amide bonds. The zero-order valence-corrected chi connectivity index (χ0v) is 12.5. The summed E-state index contributed by atoms with van der Waals surface area (Å²) in [6, 6.07) is 0. The van der Waals surface area contributed by atoms with Crippen molar-refractivity contribution in [2.24, 2.45) is 11.7 Å². The average molecular weight is 266 g/mol. The number of rotatable bonds is 4. The minimum atomic E-state index is -0.188. The standard InChI is InChI=1S/C16H30N2O/c1-2-6-14-7-5-11-18(12-8-14)15(19)13-16(17)9-3-4-10-16/h14H,2-13,17H2,1H3. The van der Waals surface area contributed by atoms with Crippen LogP contribution in [0.1, 0.15) is 71.1 Å². The van der Waals surface area contributed by atoms with Crippen LogP contribution in [0.3, 0.4) is 0 Å². The van der Waals surface area contributed by atoms with Gasteiger partial charge in [-0.3, -0.25) is 4.79 Å². The van der Waals surface area contributed by atoms with E-state index in [-0.39, 0.29) is 5.54 Å². The summed E-state index contributed by atoms with van der Waals surface area (Å²) in [6.45, 7) is 4.17. The molecule has 1 heterocycles. The van der Waals surface area contributed by atoms with Gasteiger partial charge in [0.25, 0.3) is 0 Å². The number of hydrogen-bond donors (Lipinski definition) is 1. The van der Waals surface area contributed by atoms with Crippen molar-refractivity contribution in [3.8, 4) is 0 Å². The van der Waals surface area contributed by atoms with Crippen molar-refractivity contribution in [2.45, 2.75) is 76.7 Å². The molecule has 1 aliphatic carbocycles. The second kappa shape index (κ2) is 6.74. The van der Waals surface area contributed by atoms with Gasteiger partial charge in [-0.05, 0) is 38.0 Å². The molecule has 0 spiro atoms. The van der Waals surface area contributed by atoms with Crippen molar-refractivity contribution in [3.05, 3.63) is 0 Å². The average Bonchev–Trinajstić information content (AvgIpc) is 2.65. The number of carbonyl (C=O) groups is 1. The summed E-state index contributed by atoms with van der Waals surface area (Å²) >= 11 is 0. The first-order valence-corrected chi connectivity index (χ1v) is 8.19. The summed E-state index contributed by atoms with van der Waals surface area (Å²) in [5, 5.41) is 0. The fourth-order valence-electron chi connectivity index (χ4n) is 3.78. The molecule has 1 saturated carbocycles. The SMILES string of the molecule is CCCC1CCCN(C(=O)CC2(N)CCCC2)CC1. The van der Waals surface area contributed by atoms with E-state index in [1.807, 2.05) is 0 Å². The zero-order chi connectivity index (χ0) is 13.7. The van der Waals surface area contributed by atoms with Gasteiger partial charge in [-0.1, -0.05) is 32.6 Å². The Balaban J connectivity index is 1.82. The molecule has 3 heteroatoms. The van der Waals surface area contributed by atoms with Gasteiger partial charge in [0.05, 0.1) is 0 Å². The van der Waals surface area contributed by atoms with E-state index >= 15 is 0 Å². The number of likely N-dealkylation sites (tertiary alicyclic amines) is 1. The van der Waals surface area contributed by atoms with E-state index in [0.717, 1.165) is 31.8 Å². The maximum absolute atomic E-state index is 12.4. The summed E-state index contributed by atoms with van der Waals surface area (Å²) in [5.41, 5.74) is 6.14. The highest BCUT2D eigenvalue weighted by molar-refractivity contribution is 5.77. The topological polar surface area (TPSA) is 46.3 Å². The highest BCUT2D eigenvalue weighted by Crippen LogP contribution is 2.31. The van der Waals surface area contributed by atoms with Gasteiger partial charge in [0.2, 0.25) is 5.91 Å². The van der Waals surface area contributed by atoms with Crippen molar-refractivity contribution in [1.82, 2.24) is 4.90 Å². The molecule has 2 rings (SSSR count). The van der Waals surface area contributed by atoms with Gasteiger partial charge < -0.3 is 10.6 Å². The summed E-state index contributed by atoms with van der Waals surface area (Å²) in [4.78, 5) is 14.5. The van der Waals surface area contributed by atoms with Gasteiger partial charge in [0, 0.05) is 25.0 Å². The normalized spacial score (nSPS) is 27.3. The Labute approximate surface area is 117 Å². The van der Waals surface area contributed by atoms with Gasteiger partial charge in [-0.2, -0.15) is 0 Å². The first-order valence-electron chi connectivity index (χ1n) is 8.19. The molecule has 2 N–H and O–H groups in total. The highest BCUT2D eigenvalue weighted by Gasteiger charge is 2.33. The van der Waals surface area contributed by atoms with E-state index in [2.05, 4.69) is 11.8 Å². The van der Waals surface area contributed by atoms with Gasteiger partial charge in [0.15, 0.2) is 0 Å². The molecule has 1 aliphatic heterocycles. The molecular weight excluding hydrogens is 236 g/mol. The van der Waals surface area contributed by atoms with Crippen LogP contribution in [0.15, 0.2) is 0 Å². The van der Waals surface area contributed by atoms with Crippen LogP contribution in [-0.2, 0) is 4.79 Å². The third-order valence-electron chi connectivity index (χ3n) is 5.00. The molecule has 110 valence electrons. The van der Waals surface area contributed by atoms with Gasteiger partial charge in [-0.25, -0.2) is 0 Å². The Bertz CT molecular complexity index is 297. The lowest BCUT2D eigenvalue weighted by Gasteiger charge is -2.28. The lowest BCUT2D eigenvalue weighted by atomic mass is 9.94. The van der Waals surface area contributed by atoms with Crippen LogP contribution >= 0.6 is 0 Å². The Kier molecular flexibility index (Phi) is 5.26. The summed E-state index contributed by atoms with van der Waals surface area (Å²) < 4.78 is 0. The second-order valence-corrected chi connectivity index (χ2v) is 6.71. The molecule has 3 nitrogen and oxygen atoms in total. The third kappa shape index (κ3) is 4.20. The molecule has 2 aliphatic rings. The molecule has 0 aromatic heterocycles. The number of hydrogen-bond acceptors (Lipinski definition) is 2. The predicted octanol–water partition coefficient (Wildman–Crippen LogP) is 3.08. The van der Waals surface area contributed by atoms with Crippen LogP contribution in [0.5, 0.6) is 0 Å². The maximum atomic E-state index is 12.4. The zero-order valence-electron chi connectivity index (χ0n) is 12.5. The fraction of sp³-hybridized carbons (Fsp3) is 0.938. The van der Waals surface area contributed by atoms with Crippen molar-refractivity contribution in [3.63, 3.8) is 0 Å². The van der Waals surface area contributed by atoms with Crippen LogP contribution in [0.2, 0.25) is 0 Å². The van der Waals surface area contributed by atoms with E-state index < -0.39 is 0 Å². The van der Waals surface area contributed by atoms with Crippen LogP contribution in [0, 0.1) is 5.92 Å². The van der Waals surface area contributed by atoms with E-state index in [9.17, 15) is 4.79 Å². The van der Waals surface area contributed by atoms with Crippen molar-refractivity contribution in [2.75, 3.05) is 13.1 Å². The van der Waals surface area contributed by atoms with Crippen molar-refractivity contribution >= 4 is 5.91 Å². The molecule has 19 heavy (non-hydrogen) atoms. The molecule has 0 aromatic carbocycles. The Morgan fingerprint density at radius 1 is 1.21 bits per heavy atom. The molecule has 2 fully saturated rings. The minimum Gasteiger partial charge on any atom is -0.343 e. The fourth-order valence-corrected chi connectivity index (χ4v) is 3.78. The van der Waals surface area contributed by atoms with Crippen molar-refractivity contribution in [1.29, 1.82) is 0 Å². The van der Waals surface area contributed by atoms with Gasteiger partial charge in [-0.15, -0.1) is 0 Å². The maximum Gasteiger partial charge on any atom is 0.224 e. The smallest absolute Gasteiger partial charge is 0.224 e. The highest BCUT2D eigenvalue weighted by atomic mass is 16.2. The Hall–Kier alpha value is -0.570. The summed E-state index contributed by atoms with van der Waals surface area (Å²) in [5.74, 6) is 1.14. The molecule has 0 aromatic rings.